The van der Waals surface area contributed by atoms with Crippen LogP contribution in [0.25, 0.3) is 0 Å². The molecule has 0 amide bonds. The van der Waals surface area contributed by atoms with Crippen molar-refractivity contribution in [3.63, 3.8) is 0 Å². The molecule has 7 heteroatoms. The topological polar surface area (TPSA) is 63.4 Å². The van der Waals surface area contributed by atoms with E-state index in [0.717, 1.165) is 6.07 Å². The van der Waals surface area contributed by atoms with Crippen LogP contribution in [-0.2, 0) is 40.4 Å². The standard InChI is InChI=1S/C7H4FNO3.2W/c8-7-5(4-10)2-1-3-6(7)9(11)12;;/h1-3,10H;;. The summed E-state index contributed by atoms with van der Waals surface area (Å²) in [6, 6.07) is 3.68. The van der Waals surface area contributed by atoms with Crippen LogP contribution >= 0.6 is 0 Å². The number of rotatable bonds is 2. The van der Waals surface area contributed by atoms with Gasteiger partial charge in [0.05, 0.1) is 0 Å². The SMILES string of the molecule is O=[N+]([O-])c1cccc([C](O)=[W])c1F.[W]. The smallest absolute Gasteiger partial charge is 0 e. The van der Waals surface area contributed by atoms with E-state index in [1.165, 1.54) is 12.1 Å². The Hall–Kier alpha value is -0.243. The first-order chi connectivity index (χ1) is 6.04. The van der Waals surface area contributed by atoms with Crippen LogP contribution in [0, 0.1) is 15.9 Å². The number of nitrogens with zero attached hydrogens (tertiary/aromatic N) is 1. The monoisotopic (exact) mass is 537 g/mol. The molecular weight excluding hydrogens is 533 g/mol. The van der Waals surface area contributed by atoms with Crippen LogP contribution in [0.15, 0.2) is 18.2 Å². The van der Waals surface area contributed by atoms with E-state index in [4.69, 9.17) is 5.11 Å². The summed E-state index contributed by atoms with van der Waals surface area (Å²) in [5.74, 6) is -0.986. The zero-order chi connectivity index (χ0) is 10.0. The first-order valence-corrected chi connectivity index (χ1v) is 4.67. The van der Waals surface area contributed by atoms with Crippen LogP contribution in [0.2, 0.25) is 0 Å². The van der Waals surface area contributed by atoms with Crippen LogP contribution in [0.5, 0.6) is 0 Å². The van der Waals surface area contributed by atoms with E-state index in [1.54, 1.807) is 0 Å². The molecule has 0 fully saturated rings. The second kappa shape index (κ2) is 5.59. The molecule has 1 aromatic rings. The molecule has 1 N–H and O–H groups in total. The second-order valence-electron chi connectivity index (χ2n) is 2.20. The molecule has 0 aliphatic heterocycles. The Morgan fingerprint density at radius 1 is 1.57 bits per heavy atom. The van der Waals surface area contributed by atoms with Crippen LogP contribution in [0.1, 0.15) is 5.56 Å². The van der Waals surface area contributed by atoms with Gasteiger partial charge in [0, 0.05) is 21.1 Å². The van der Waals surface area contributed by atoms with Gasteiger partial charge in [0.1, 0.15) is 0 Å². The van der Waals surface area contributed by atoms with E-state index in [2.05, 4.69) is 0 Å². The average Bonchev–Trinajstić information content (AvgIpc) is 2.03. The molecule has 0 heterocycles. The maximum absolute atomic E-state index is 13.2. The molecule has 0 spiro atoms. The molecule has 0 bridgehead atoms. The van der Waals surface area contributed by atoms with Gasteiger partial charge in [-0.1, -0.05) is 0 Å². The van der Waals surface area contributed by atoms with Gasteiger partial charge >= 0.3 is 83.2 Å². The summed E-state index contributed by atoms with van der Waals surface area (Å²) < 4.78 is 13.0. The van der Waals surface area contributed by atoms with Crippen LogP contribution in [0.3, 0.4) is 0 Å². The third-order valence-electron chi connectivity index (χ3n) is 1.41. The van der Waals surface area contributed by atoms with E-state index in [-0.39, 0.29) is 30.7 Å². The zero-order valence-corrected chi connectivity index (χ0v) is 12.5. The minimum absolute atomic E-state index is 0. The van der Waals surface area contributed by atoms with Crippen LogP contribution in [0.4, 0.5) is 10.1 Å². The first-order valence-electron chi connectivity index (χ1n) is 3.20. The predicted molar refractivity (Wildman–Crippen MR) is 39.1 cm³/mol. The maximum atomic E-state index is 13.2. The molecular formula is C7H4FNO3W2. The van der Waals surface area contributed by atoms with Gasteiger partial charge in [-0.05, 0) is 0 Å². The third kappa shape index (κ3) is 2.87. The van der Waals surface area contributed by atoms with Crippen LogP contribution < -0.4 is 0 Å². The molecule has 74 valence electrons. The molecule has 0 saturated carbocycles. The normalized spacial score (nSPS) is 9.00. The Labute approximate surface area is 104 Å². The number of aliphatic hydroxyl groups is 1. The fraction of sp³-hybridized carbons (Fsp3) is 0. The van der Waals surface area contributed by atoms with Crippen molar-refractivity contribution in [3.05, 3.63) is 39.7 Å². The Kier molecular flexibility index (Phi) is 5.49. The van der Waals surface area contributed by atoms with Crippen molar-refractivity contribution < 1.29 is 54.8 Å². The fourth-order valence-corrected chi connectivity index (χ4v) is 1.39. The first kappa shape index (κ1) is 13.8. The molecule has 0 saturated heterocycles. The molecule has 0 aromatic heterocycles. The molecule has 0 atom stereocenters. The summed E-state index contributed by atoms with van der Waals surface area (Å²) in [7, 11) is 0. The Balaban J connectivity index is 0.00000169. The van der Waals surface area contributed by atoms with Crippen molar-refractivity contribution in [1.82, 2.24) is 0 Å². The van der Waals surface area contributed by atoms with Crippen molar-refractivity contribution in [2.75, 3.05) is 0 Å². The van der Waals surface area contributed by atoms with E-state index < -0.39 is 16.4 Å². The molecule has 0 radical (unpaired) electrons. The van der Waals surface area contributed by atoms with Gasteiger partial charge in [0.25, 0.3) is 0 Å². The fourth-order valence-electron chi connectivity index (χ4n) is 0.826. The molecule has 0 aliphatic carbocycles. The molecule has 1 rings (SSSR count). The van der Waals surface area contributed by atoms with Gasteiger partial charge in [0.2, 0.25) is 0 Å². The molecule has 14 heavy (non-hydrogen) atoms. The van der Waals surface area contributed by atoms with Crippen molar-refractivity contribution >= 4 is 9.77 Å². The Morgan fingerprint density at radius 3 is 2.57 bits per heavy atom. The quantitative estimate of drug-likeness (QED) is 0.455. The van der Waals surface area contributed by atoms with Crippen molar-refractivity contribution in [2.24, 2.45) is 0 Å². The number of nitro groups is 1. The van der Waals surface area contributed by atoms with E-state index in [1.807, 2.05) is 0 Å². The number of hydrogen-bond donors (Lipinski definition) is 1. The zero-order valence-electron chi connectivity index (χ0n) is 6.64. The summed E-state index contributed by atoms with van der Waals surface area (Å²) >= 11 is 0.661. The average molecular weight is 537 g/mol. The van der Waals surface area contributed by atoms with Gasteiger partial charge < -0.3 is 0 Å². The number of nitro benzene ring substituents is 1. The minimum atomic E-state index is -0.986. The number of hydrogen-bond acceptors (Lipinski definition) is 3. The summed E-state index contributed by atoms with van der Waals surface area (Å²) in [4.78, 5) is 9.46. The van der Waals surface area contributed by atoms with Gasteiger partial charge in [0.15, 0.2) is 0 Å². The number of aliphatic hydroxyl groups excluding tert-OH is 1. The van der Waals surface area contributed by atoms with Crippen LogP contribution in [-0.4, -0.2) is 14.1 Å². The van der Waals surface area contributed by atoms with Gasteiger partial charge in [-0.3, -0.25) is 0 Å². The molecule has 4 nitrogen and oxygen atoms in total. The molecule has 1 aromatic carbocycles. The number of halogens is 1. The Morgan fingerprint density at radius 2 is 2.14 bits per heavy atom. The summed E-state index contributed by atoms with van der Waals surface area (Å²) in [6.45, 7) is 0. The Bertz CT molecular complexity index is 351. The van der Waals surface area contributed by atoms with Gasteiger partial charge in [-0.15, -0.1) is 0 Å². The van der Waals surface area contributed by atoms with Crippen molar-refractivity contribution in [2.45, 2.75) is 0 Å². The summed E-state index contributed by atoms with van der Waals surface area (Å²) in [5.41, 5.74) is -0.727. The second-order valence-corrected chi connectivity index (χ2v) is 3.59. The molecule has 0 aliphatic rings. The summed E-state index contributed by atoms with van der Waals surface area (Å²) in [5, 5.41) is 19.3. The molecule has 0 unspecified atom stereocenters. The minimum Gasteiger partial charge on any atom is 0 e. The third-order valence-corrected chi connectivity index (χ3v) is 2.20. The number of benzene rings is 1. The predicted octanol–water partition coefficient (Wildman–Crippen LogP) is 1.13. The largest absolute Gasteiger partial charge is 0 e. The van der Waals surface area contributed by atoms with Crippen molar-refractivity contribution in [3.8, 4) is 0 Å². The summed E-state index contributed by atoms with van der Waals surface area (Å²) in [6.07, 6.45) is 0. The maximum Gasteiger partial charge on any atom is 0 e. The van der Waals surface area contributed by atoms with Crippen molar-refractivity contribution in [1.29, 1.82) is 0 Å². The van der Waals surface area contributed by atoms with Gasteiger partial charge in [-0.2, -0.15) is 0 Å². The van der Waals surface area contributed by atoms with E-state index in [0.29, 0.717) is 19.4 Å². The van der Waals surface area contributed by atoms with Gasteiger partial charge in [-0.25, -0.2) is 0 Å². The van der Waals surface area contributed by atoms with E-state index in [9.17, 15) is 14.5 Å². The van der Waals surface area contributed by atoms with E-state index >= 15 is 0 Å².